The highest BCUT2D eigenvalue weighted by Crippen LogP contribution is 2.17. The molecule has 2 aromatic rings. The number of carbonyl (C=O) groups is 1. The number of carbonyl (C=O) groups excluding carboxylic acids is 1. The van der Waals surface area contributed by atoms with E-state index < -0.39 is 0 Å². The van der Waals surface area contributed by atoms with Crippen LogP contribution in [0.1, 0.15) is 23.0 Å². The lowest BCUT2D eigenvalue weighted by Crippen LogP contribution is -2.45. The van der Waals surface area contributed by atoms with Crippen molar-refractivity contribution in [1.82, 2.24) is 14.9 Å². The molecule has 1 amide bonds. The van der Waals surface area contributed by atoms with Crippen LogP contribution in [0.2, 0.25) is 0 Å². The second-order valence-corrected chi connectivity index (χ2v) is 6.00. The number of hydrogen-bond donors (Lipinski definition) is 1. The summed E-state index contributed by atoms with van der Waals surface area (Å²) in [6, 6.07) is 9.49. The van der Waals surface area contributed by atoms with Crippen molar-refractivity contribution < 1.29 is 4.79 Å². The molecule has 1 aliphatic rings. The third-order valence-corrected chi connectivity index (χ3v) is 4.31. The van der Waals surface area contributed by atoms with Gasteiger partial charge in [0.25, 0.3) is 5.91 Å². The minimum atomic E-state index is -0.200. The largest absolute Gasteiger partial charge is 0.338 e. The summed E-state index contributed by atoms with van der Waals surface area (Å²) >= 11 is 0. The first kappa shape index (κ1) is 16.4. The first-order valence-corrected chi connectivity index (χ1v) is 8.33. The van der Waals surface area contributed by atoms with Crippen LogP contribution in [-0.4, -0.2) is 54.0 Å². The second-order valence-electron chi connectivity index (χ2n) is 6.00. The highest BCUT2D eigenvalue weighted by Gasteiger charge is 2.18. The van der Waals surface area contributed by atoms with Gasteiger partial charge in [0.1, 0.15) is 5.69 Å². The van der Waals surface area contributed by atoms with Crippen LogP contribution in [0.3, 0.4) is 0 Å². The number of rotatable bonds is 4. The van der Waals surface area contributed by atoms with E-state index in [2.05, 4.69) is 39.1 Å². The summed E-state index contributed by atoms with van der Waals surface area (Å²) in [7, 11) is 2.10. The topological polar surface area (TPSA) is 61.4 Å². The average molecular weight is 325 g/mol. The van der Waals surface area contributed by atoms with Gasteiger partial charge in [-0.2, -0.15) is 0 Å². The van der Waals surface area contributed by atoms with Crippen LogP contribution in [0.25, 0.3) is 0 Å². The fourth-order valence-corrected chi connectivity index (χ4v) is 2.77. The molecule has 0 aliphatic carbocycles. The molecule has 126 valence electrons. The monoisotopic (exact) mass is 325 g/mol. The summed E-state index contributed by atoms with van der Waals surface area (Å²) in [6.45, 7) is 5.77. The smallest absolute Gasteiger partial charge is 0.274 e. The third kappa shape index (κ3) is 3.71. The summed E-state index contributed by atoms with van der Waals surface area (Å²) in [4.78, 5) is 25.7. The fourth-order valence-electron chi connectivity index (χ4n) is 2.77. The first-order valence-electron chi connectivity index (χ1n) is 8.33. The standard InChI is InChI=1S/C18H23N5O/c1-3-14-6-4-5-7-15(14)20-17(24)16-8-9-19-18(21-16)23-12-10-22(2)11-13-23/h4-9H,3,10-13H2,1-2H3,(H,20,24). The van der Waals surface area contributed by atoms with Gasteiger partial charge in [-0.05, 0) is 31.2 Å². The van der Waals surface area contributed by atoms with Crippen LogP contribution >= 0.6 is 0 Å². The van der Waals surface area contributed by atoms with Crippen LogP contribution in [0.5, 0.6) is 0 Å². The molecule has 1 saturated heterocycles. The number of amides is 1. The molecule has 0 radical (unpaired) electrons. The lowest BCUT2D eigenvalue weighted by Gasteiger charge is -2.32. The molecule has 1 N–H and O–H groups in total. The van der Waals surface area contributed by atoms with E-state index in [0.717, 1.165) is 43.9 Å². The van der Waals surface area contributed by atoms with E-state index >= 15 is 0 Å². The number of piperazine rings is 1. The maximum Gasteiger partial charge on any atom is 0.274 e. The highest BCUT2D eigenvalue weighted by atomic mass is 16.1. The van der Waals surface area contributed by atoms with Gasteiger partial charge < -0.3 is 15.1 Å². The van der Waals surface area contributed by atoms with Gasteiger partial charge in [0.2, 0.25) is 5.95 Å². The predicted octanol–water partition coefficient (Wildman–Crippen LogP) is 2.04. The van der Waals surface area contributed by atoms with Crippen molar-refractivity contribution in [2.24, 2.45) is 0 Å². The zero-order valence-electron chi connectivity index (χ0n) is 14.2. The molecule has 6 nitrogen and oxygen atoms in total. The number of benzene rings is 1. The number of likely N-dealkylation sites (N-methyl/N-ethyl adjacent to an activating group) is 1. The lowest BCUT2D eigenvalue weighted by atomic mass is 10.1. The Morgan fingerprint density at radius 3 is 2.67 bits per heavy atom. The molecular weight excluding hydrogens is 302 g/mol. The van der Waals surface area contributed by atoms with Gasteiger partial charge in [-0.1, -0.05) is 25.1 Å². The Labute approximate surface area is 142 Å². The fraction of sp³-hybridized carbons (Fsp3) is 0.389. The predicted molar refractivity (Wildman–Crippen MR) is 95.5 cm³/mol. The maximum atomic E-state index is 12.5. The van der Waals surface area contributed by atoms with Crippen LogP contribution in [0, 0.1) is 0 Å². The summed E-state index contributed by atoms with van der Waals surface area (Å²) < 4.78 is 0. The van der Waals surface area contributed by atoms with Gasteiger partial charge in [0, 0.05) is 38.1 Å². The van der Waals surface area contributed by atoms with E-state index in [1.807, 2.05) is 24.3 Å². The number of anilines is 2. The van der Waals surface area contributed by atoms with Crippen molar-refractivity contribution in [1.29, 1.82) is 0 Å². The van der Waals surface area contributed by atoms with Crippen LogP contribution in [0.4, 0.5) is 11.6 Å². The van der Waals surface area contributed by atoms with Crippen molar-refractivity contribution in [2.45, 2.75) is 13.3 Å². The number of nitrogens with one attached hydrogen (secondary N) is 1. The Bertz CT molecular complexity index is 710. The minimum absolute atomic E-state index is 0.200. The first-order chi connectivity index (χ1) is 11.7. The third-order valence-electron chi connectivity index (χ3n) is 4.31. The Morgan fingerprint density at radius 1 is 1.17 bits per heavy atom. The summed E-state index contributed by atoms with van der Waals surface area (Å²) in [5.41, 5.74) is 2.34. The molecule has 1 aromatic heterocycles. The van der Waals surface area contributed by atoms with Crippen molar-refractivity contribution in [3.05, 3.63) is 47.8 Å². The summed E-state index contributed by atoms with van der Waals surface area (Å²) in [5, 5.41) is 2.96. The Morgan fingerprint density at radius 2 is 1.92 bits per heavy atom. The molecule has 1 aliphatic heterocycles. The molecule has 6 heteroatoms. The van der Waals surface area contributed by atoms with Crippen LogP contribution < -0.4 is 10.2 Å². The summed E-state index contributed by atoms with van der Waals surface area (Å²) in [5.74, 6) is 0.424. The number of hydrogen-bond acceptors (Lipinski definition) is 5. The van der Waals surface area contributed by atoms with Gasteiger partial charge in [-0.3, -0.25) is 4.79 Å². The molecule has 1 aromatic carbocycles. The molecule has 0 unspecified atom stereocenters. The Hall–Kier alpha value is -2.47. The molecule has 0 spiro atoms. The zero-order valence-corrected chi connectivity index (χ0v) is 14.2. The average Bonchev–Trinajstić information content (AvgIpc) is 2.63. The van der Waals surface area contributed by atoms with Gasteiger partial charge in [-0.15, -0.1) is 0 Å². The van der Waals surface area contributed by atoms with Crippen LogP contribution in [-0.2, 0) is 6.42 Å². The van der Waals surface area contributed by atoms with Crippen LogP contribution in [0.15, 0.2) is 36.5 Å². The van der Waals surface area contributed by atoms with E-state index in [1.165, 1.54) is 0 Å². The molecule has 0 saturated carbocycles. The molecule has 24 heavy (non-hydrogen) atoms. The zero-order chi connectivity index (χ0) is 16.9. The van der Waals surface area contributed by atoms with Gasteiger partial charge in [-0.25, -0.2) is 9.97 Å². The Kier molecular flexibility index (Phi) is 5.05. The number of nitrogens with zero attached hydrogens (tertiary/aromatic N) is 4. The van der Waals surface area contributed by atoms with E-state index in [0.29, 0.717) is 11.6 Å². The second kappa shape index (κ2) is 7.40. The summed E-state index contributed by atoms with van der Waals surface area (Å²) in [6.07, 6.45) is 2.52. The number of para-hydroxylation sites is 1. The minimum Gasteiger partial charge on any atom is -0.338 e. The normalized spacial score (nSPS) is 15.3. The van der Waals surface area contributed by atoms with Crippen molar-refractivity contribution in [2.75, 3.05) is 43.4 Å². The number of aromatic nitrogens is 2. The van der Waals surface area contributed by atoms with Crippen molar-refractivity contribution in [3.8, 4) is 0 Å². The van der Waals surface area contributed by atoms with E-state index in [-0.39, 0.29) is 5.91 Å². The molecule has 1 fully saturated rings. The SMILES string of the molecule is CCc1ccccc1NC(=O)c1ccnc(N2CCN(C)CC2)n1. The Balaban J connectivity index is 1.75. The van der Waals surface area contributed by atoms with Gasteiger partial charge in [0.15, 0.2) is 0 Å². The lowest BCUT2D eigenvalue weighted by molar-refractivity contribution is 0.102. The van der Waals surface area contributed by atoms with Gasteiger partial charge in [0.05, 0.1) is 0 Å². The van der Waals surface area contributed by atoms with E-state index in [4.69, 9.17) is 0 Å². The van der Waals surface area contributed by atoms with Crippen molar-refractivity contribution >= 4 is 17.5 Å². The van der Waals surface area contributed by atoms with Gasteiger partial charge >= 0.3 is 0 Å². The van der Waals surface area contributed by atoms with E-state index in [9.17, 15) is 4.79 Å². The highest BCUT2D eigenvalue weighted by molar-refractivity contribution is 6.03. The molecule has 0 bridgehead atoms. The molecule has 2 heterocycles. The van der Waals surface area contributed by atoms with E-state index in [1.54, 1.807) is 12.3 Å². The quantitative estimate of drug-likeness (QED) is 0.932. The number of aryl methyl sites for hydroxylation is 1. The molecule has 3 rings (SSSR count). The molecule has 0 atom stereocenters. The van der Waals surface area contributed by atoms with Crippen molar-refractivity contribution in [3.63, 3.8) is 0 Å². The maximum absolute atomic E-state index is 12.5. The molecular formula is C18H23N5O.